The summed E-state index contributed by atoms with van der Waals surface area (Å²) in [6.07, 6.45) is 3.89. The van der Waals surface area contributed by atoms with E-state index >= 15 is 0 Å². The number of rotatable bonds is 6. The third kappa shape index (κ3) is 3.39. The molecule has 2 aromatic heterocycles. The van der Waals surface area contributed by atoms with Gasteiger partial charge in [0.05, 0.1) is 11.0 Å². The monoisotopic (exact) mass is 403 g/mol. The van der Waals surface area contributed by atoms with E-state index in [1.165, 1.54) is 12.1 Å². The summed E-state index contributed by atoms with van der Waals surface area (Å²) < 4.78 is 3.58. The summed E-state index contributed by atoms with van der Waals surface area (Å²) in [4.78, 5) is 23.1. The zero-order valence-corrected chi connectivity index (χ0v) is 15.8. The fraction of sp³-hybridized carbons (Fsp3) is 0.200. The molecule has 5 rings (SSSR count). The molecule has 0 radical (unpaired) electrons. The van der Waals surface area contributed by atoms with Gasteiger partial charge in [0.25, 0.3) is 5.69 Å². The standard InChI is InChI=1S/C20H17N7O3/c28-19(12-25-9-8-13-11-17(27(29)30)6-7-18(13)25)21-15-3-1-2-14(10-15)20-22-23-24-26(20)16-4-5-16/h1-3,6-11,16H,4-5,12H2,(H,21,28). The van der Waals surface area contributed by atoms with Gasteiger partial charge >= 0.3 is 0 Å². The van der Waals surface area contributed by atoms with E-state index in [1.54, 1.807) is 22.9 Å². The number of amides is 1. The third-order valence-corrected chi connectivity index (χ3v) is 5.07. The van der Waals surface area contributed by atoms with Crippen LogP contribution in [0.15, 0.2) is 54.7 Å². The molecule has 1 N–H and O–H groups in total. The summed E-state index contributed by atoms with van der Waals surface area (Å²) >= 11 is 0. The number of nitrogens with zero attached hydrogens (tertiary/aromatic N) is 6. The second-order valence-electron chi connectivity index (χ2n) is 7.25. The number of non-ortho nitro benzene ring substituents is 1. The largest absolute Gasteiger partial charge is 0.338 e. The van der Waals surface area contributed by atoms with Crippen LogP contribution < -0.4 is 5.32 Å². The first kappa shape index (κ1) is 18.0. The predicted octanol–water partition coefficient (Wildman–Crippen LogP) is 3.18. The predicted molar refractivity (Wildman–Crippen MR) is 109 cm³/mol. The van der Waals surface area contributed by atoms with Crippen molar-refractivity contribution < 1.29 is 9.72 Å². The molecule has 4 aromatic rings. The van der Waals surface area contributed by atoms with Gasteiger partial charge < -0.3 is 9.88 Å². The van der Waals surface area contributed by atoms with Crippen molar-refractivity contribution in [1.29, 1.82) is 0 Å². The molecule has 1 aliphatic carbocycles. The highest BCUT2D eigenvalue weighted by Gasteiger charge is 2.28. The first-order chi connectivity index (χ1) is 14.6. The molecule has 2 aromatic carbocycles. The van der Waals surface area contributed by atoms with Crippen LogP contribution in [0.25, 0.3) is 22.3 Å². The van der Waals surface area contributed by atoms with Gasteiger partial charge in [-0.2, -0.15) is 0 Å². The Morgan fingerprint density at radius 1 is 1.20 bits per heavy atom. The van der Waals surface area contributed by atoms with Crippen LogP contribution in [0.1, 0.15) is 18.9 Å². The summed E-state index contributed by atoms with van der Waals surface area (Å²) in [7, 11) is 0. The van der Waals surface area contributed by atoms with Gasteiger partial charge in [-0.3, -0.25) is 14.9 Å². The van der Waals surface area contributed by atoms with Crippen LogP contribution in [-0.2, 0) is 11.3 Å². The lowest BCUT2D eigenvalue weighted by Crippen LogP contribution is -2.18. The second-order valence-corrected chi connectivity index (χ2v) is 7.25. The molecule has 1 saturated carbocycles. The van der Waals surface area contributed by atoms with Gasteiger partial charge in [-0.15, -0.1) is 5.10 Å². The first-order valence-corrected chi connectivity index (χ1v) is 9.50. The minimum Gasteiger partial charge on any atom is -0.338 e. The Labute approximate surface area is 170 Å². The zero-order valence-electron chi connectivity index (χ0n) is 15.8. The highest BCUT2D eigenvalue weighted by molar-refractivity contribution is 5.92. The second kappa shape index (κ2) is 7.07. The number of hydrogen-bond donors (Lipinski definition) is 1. The number of carbonyl (C=O) groups excluding carboxylic acids is 1. The Morgan fingerprint density at radius 3 is 2.87 bits per heavy atom. The topological polar surface area (TPSA) is 121 Å². The highest BCUT2D eigenvalue weighted by Crippen LogP contribution is 2.36. The van der Waals surface area contributed by atoms with Crippen molar-refractivity contribution in [1.82, 2.24) is 24.8 Å². The van der Waals surface area contributed by atoms with Crippen molar-refractivity contribution in [2.75, 3.05) is 5.32 Å². The minimum atomic E-state index is -0.434. The number of benzene rings is 2. The number of hydrogen-bond acceptors (Lipinski definition) is 6. The van der Waals surface area contributed by atoms with Crippen molar-refractivity contribution in [2.24, 2.45) is 0 Å². The van der Waals surface area contributed by atoms with Crippen molar-refractivity contribution >= 4 is 28.2 Å². The molecular weight excluding hydrogens is 386 g/mol. The van der Waals surface area contributed by atoms with Gasteiger partial charge in [-0.25, -0.2) is 4.68 Å². The Kier molecular flexibility index (Phi) is 4.24. The van der Waals surface area contributed by atoms with E-state index < -0.39 is 4.92 Å². The Balaban J connectivity index is 1.33. The summed E-state index contributed by atoms with van der Waals surface area (Å²) in [6, 6.07) is 14.1. The number of nitro benzene ring substituents is 1. The molecule has 1 amide bonds. The lowest BCUT2D eigenvalue weighted by atomic mass is 10.2. The first-order valence-electron chi connectivity index (χ1n) is 9.50. The Hall–Kier alpha value is -4.08. The lowest BCUT2D eigenvalue weighted by molar-refractivity contribution is -0.384. The van der Waals surface area contributed by atoms with Crippen LogP contribution in [-0.4, -0.2) is 35.6 Å². The van der Waals surface area contributed by atoms with Gasteiger partial charge in [0.2, 0.25) is 5.91 Å². The van der Waals surface area contributed by atoms with Gasteiger partial charge in [-0.1, -0.05) is 12.1 Å². The summed E-state index contributed by atoms with van der Waals surface area (Å²) in [5.41, 5.74) is 2.27. The van der Waals surface area contributed by atoms with E-state index in [-0.39, 0.29) is 18.1 Å². The molecule has 1 fully saturated rings. The molecule has 0 bridgehead atoms. The van der Waals surface area contributed by atoms with Gasteiger partial charge in [-0.05, 0) is 47.5 Å². The Morgan fingerprint density at radius 2 is 2.07 bits per heavy atom. The maximum absolute atomic E-state index is 12.6. The summed E-state index contributed by atoms with van der Waals surface area (Å²) in [6.45, 7) is 0.0886. The third-order valence-electron chi connectivity index (χ3n) is 5.07. The molecule has 10 nitrogen and oxygen atoms in total. The van der Waals surface area contributed by atoms with Crippen molar-refractivity contribution in [3.05, 3.63) is 64.8 Å². The van der Waals surface area contributed by atoms with Crippen LogP contribution >= 0.6 is 0 Å². The maximum atomic E-state index is 12.6. The number of carbonyl (C=O) groups is 1. The zero-order chi connectivity index (χ0) is 20.7. The SMILES string of the molecule is O=C(Cn1ccc2cc([N+](=O)[O-])ccc21)Nc1cccc(-c2nnnn2C2CC2)c1. The molecule has 2 heterocycles. The minimum absolute atomic E-state index is 0.0232. The van der Waals surface area contributed by atoms with E-state index in [2.05, 4.69) is 20.8 Å². The van der Waals surface area contributed by atoms with E-state index in [0.29, 0.717) is 22.9 Å². The lowest BCUT2D eigenvalue weighted by Gasteiger charge is -2.09. The van der Waals surface area contributed by atoms with Crippen LogP contribution in [0, 0.1) is 10.1 Å². The average molecular weight is 403 g/mol. The molecule has 0 saturated heterocycles. The summed E-state index contributed by atoms with van der Waals surface area (Å²) in [5, 5.41) is 26.5. The van der Waals surface area contributed by atoms with E-state index in [1.807, 2.05) is 28.9 Å². The van der Waals surface area contributed by atoms with Crippen LogP contribution in [0.4, 0.5) is 11.4 Å². The normalized spacial score (nSPS) is 13.5. The highest BCUT2D eigenvalue weighted by atomic mass is 16.6. The fourth-order valence-corrected chi connectivity index (χ4v) is 3.48. The number of nitrogens with one attached hydrogen (secondary N) is 1. The van der Waals surface area contributed by atoms with Crippen LogP contribution in [0.2, 0.25) is 0 Å². The van der Waals surface area contributed by atoms with Crippen LogP contribution in [0.3, 0.4) is 0 Å². The molecule has 1 aliphatic rings. The number of fused-ring (bicyclic) bond motifs is 1. The van der Waals surface area contributed by atoms with Crippen molar-refractivity contribution in [3.8, 4) is 11.4 Å². The number of nitro groups is 1. The van der Waals surface area contributed by atoms with E-state index in [0.717, 1.165) is 23.9 Å². The van der Waals surface area contributed by atoms with E-state index in [9.17, 15) is 14.9 Å². The fourth-order valence-electron chi connectivity index (χ4n) is 3.48. The van der Waals surface area contributed by atoms with Gasteiger partial charge in [0.1, 0.15) is 6.54 Å². The van der Waals surface area contributed by atoms with Gasteiger partial charge in [0, 0.05) is 40.5 Å². The Bertz CT molecular complexity index is 1270. The molecule has 0 spiro atoms. The average Bonchev–Trinajstić information content (AvgIpc) is 3.33. The molecule has 0 atom stereocenters. The number of aromatic nitrogens is 5. The van der Waals surface area contributed by atoms with E-state index in [4.69, 9.17) is 0 Å². The maximum Gasteiger partial charge on any atom is 0.270 e. The molecule has 0 unspecified atom stereocenters. The molecule has 10 heteroatoms. The van der Waals surface area contributed by atoms with Gasteiger partial charge in [0.15, 0.2) is 5.82 Å². The van der Waals surface area contributed by atoms with Crippen LogP contribution in [0.5, 0.6) is 0 Å². The number of anilines is 1. The molecular formula is C20H17N7O3. The summed E-state index contributed by atoms with van der Waals surface area (Å²) in [5.74, 6) is 0.483. The molecule has 0 aliphatic heterocycles. The van der Waals surface area contributed by atoms with Crippen molar-refractivity contribution in [3.63, 3.8) is 0 Å². The molecule has 30 heavy (non-hydrogen) atoms. The quantitative estimate of drug-likeness (QED) is 0.390. The smallest absolute Gasteiger partial charge is 0.270 e. The molecule has 150 valence electrons. The van der Waals surface area contributed by atoms with Crippen molar-refractivity contribution in [2.45, 2.75) is 25.4 Å². The number of tetrazole rings is 1.